The molecule has 7 nitrogen and oxygen atoms in total. The average Bonchev–Trinajstić information content (AvgIpc) is 3.16. The number of nitrogens with one attached hydrogen (secondary N) is 1. The number of hydrogen-bond acceptors (Lipinski definition) is 5. The van der Waals surface area contributed by atoms with Crippen LogP contribution in [0.25, 0.3) is 10.9 Å². The topological polar surface area (TPSA) is 88.5 Å². The van der Waals surface area contributed by atoms with Crippen LogP contribution in [0, 0.1) is 10.1 Å². The van der Waals surface area contributed by atoms with Gasteiger partial charge in [-0.3, -0.25) is 10.1 Å². The summed E-state index contributed by atoms with van der Waals surface area (Å²) in [6.45, 7) is 7.45. The molecular formula is C23H27N3O4. The van der Waals surface area contributed by atoms with Gasteiger partial charge in [0.25, 0.3) is 5.69 Å². The van der Waals surface area contributed by atoms with Gasteiger partial charge in [-0.2, -0.15) is 0 Å². The van der Waals surface area contributed by atoms with Crippen LogP contribution in [-0.4, -0.2) is 40.4 Å². The second-order valence-corrected chi connectivity index (χ2v) is 7.28. The first kappa shape index (κ1) is 21.5. The molecule has 1 heterocycles. The maximum absolute atomic E-state index is 12.6. The molecule has 1 N–H and O–H groups in total. The first-order valence-corrected chi connectivity index (χ1v) is 10.3. The molecule has 0 saturated carbocycles. The van der Waals surface area contributed by atoms with Crippen LogP contribution in [0.3, 0.4) is 0 Å². The summed E-state index contributed by atoms with van der Waals surface area (Å²) in [6.07, 6.45) is 5.06. The molecule has 2 aromatic carbocycles. The number of nitro groups is 1. The van der Waals surface area contributed by atoms with Crippen LogP contribution in [0.1, 0.15) is 42.6 Å². The normalized spacial score (nSPS) is 11.2. The molecule has 0 fully saturated rings. The van der Waals surface area contributed by atoms with Crippen LogP contribution in [0.5, 0.6) is 5.75 Å². The summed E-state index contributed by atoms with van der Waals surface area (Å²) in [5, 5.41) is 11.7. The lowest BCUT2D eigenvalue weighted by atomic mass is 10.1. The predicted molar refractivity (Wildman–Crippen MR) is 117 cm³/mol. The molecular weight excluding hydrogens is 382 g/mol. The van der Waals surface area contributed by atoms with Gasteiger partial charge in [0.1, 0.15) is 5.75 Å². The lowest BCUT2D eigenvalue weighted by Gasteiger charge is -2.20. The number of H-pyrrole nitrogens is 1. The highest BCUT2D eigenvalue weighted by Gasteiger charge is 2.16. The number of fused-ring (bicyclic) bond motifs is 1. The molecule has 3 aromatic rings. The molecule has 0 atom stereocenters. The Morgan fingerprint density at radius 3 is 2.40 bits per heavy atom. The molecule has 0 bridgehead atoms. The Labute approximate surface area is 175 Å². The van der Waals surface area contributed by atoms with Crippen molar-refractivity contribution in [3.05, 3.63) is 69.9 Å². The zero-order valence-electron chi connectivity index (χ0n) is 17.4. The molecule has 0 spiro atoms. The standard InChI is InChI=1S/C23H27N3O4/c1-3-13-25(14-4-2)15-12-18-16-24-20-6-5-7-21(22(18)20)30-23(27)17-8-10-19(11-9-17)26(28)29/h5-11,16,24H,3-4,12-15H2,1-2H3. The third-order valence-corrected chi connectivity index (χ3v) is 5.04. The minimum atomic E-state index is -0.539. The lowest BCUT2D eigenvalue weighted by molar-refractivity contribution is -0.384. The Bertz CT molecular complexity index is 1000. The lowest BCUT2D eigenvalue weighted by Crippen LogP contribution is -2.27. The van der Waals surface area contributed by atoms with Crippen molar-refractivity contribution < 1.29 is 14.5 Å². The van der Waals surface area contributed by atoms with Gasteiger partial charge >= 0.3 is 5.97 Å². The quantitative estimate of drug-likeness (QED) is 0.221. The molecule has 30 heavy (non-hydrogen) atoms. The maximum Gasteiger partial charge on any atom is 0.343 e. The van der Waals surface area contributed by atoms with Crippen LogP contribution in [0.15, 0.2) is 48.7 Å². The van der Waals surface area contributed by atoms with E-state index in [-0.39, 0.29) is 11.3 Å². The van der Waals surface area contributed by atoms with E-state index < -0.39 is 10.9 Å². The van der Waals surface area contributed by atoms with E-state index >= 15 is 0 Å². The van der Waals surface area contributed by atoms with Gasteiger partial charge in [0.2, 0.25) is 0 Å². The number of carbonyl (C=O) groups is 1. The van der Waals surface area contributed by atoms with Crippen LogP contribution >= 0.6 is 0 Å². The van der Waals surface area contributed by atoms with Crippen molar-refractivity contribution in [2.24, 2.45) is 0 Å². The first-order chi connectivity index (χ1) is 14.5. The Morgan fingerprint density at radius 2 is 1.77 bits per heavy atom. The van der Waals surface area contributed by atoms with Crippen LogP contribution < -0.4 is 4.74 Å². The number of esters is 1. The second-order valence-electron chi connectivity index (χ2n) is 7.28. The Hall–Kier alpha value is -3.19. The highest BCUT2D eigenvalue weighted by molar-refractivity contribution is 5.96. The van der Waals surface area contributed by atoms with Gasteiger partial charge in [-0.1, -0.05) is 19.9 Å². The average molecular weight is 409 g/mol. The van der Waals surface area contributed by atoms with Gasteiger partial charge in [0, 0.05) is 35.8 Å². The van der Waals surface area contributed by atoms with Crippen molar-refractivity contribution in [1.82, 2.24) is 9.88 Å². The fourth-order valence-electron chi connectivity index (χ4n) is 3.63. The van der Waals surface area contributed by atoms with E-state index in [4.69, 9.17) is 4.74 Å². The Balaban J connectivity index is 1.79. The van der Waals surface area contributed by atoms with Crippen molar-refractivity contribution in [2.45, 2.75) is 33.1 Å². The SMILES string of the molecule is CCCN(CCC)CCc1c[nH]c2cccc(OC(=O)c3ccc([N+](=O)[O-])cc3)c12. The van der Waals surface area contributed by atoms with Crippen molar-refractivity contribution in [1.29, 1.82) is 0 Å². The highest BCUT2D eigenvalue weighted by atomic mass is 16.6. The van der Waals surface area contributed by atoms with Crippen LogP contribution in [0.4, 0.5) is 5.69 Å². The third-order valence-electron chi connectivity index (χ3n) is 5.04. The minimum absolute atomic E-state index is 0.0646. The number of benzene rings is 2. The number of non-ortho nitro benzene ring substituents is 1. The number of aromatic amines is 1. The number of aromatic nitrogens is 1. The summed E-state index contributed by atoms with van der Waals surface area (Å²) in [6, 6.07) is 11.0. The number of nitro benzene ring substituents is 1. The van der Waals surface area contributed by atoms with Gasteiger partial charge < -0.3 is 14.6 Å². The van der Waals surface area contributed by atoms with E-state index in [2.05, 4.69) is 23.7 Å². The summed E-state index contributed by atoms with van der Waals surface area (Å²) >= 11 is 0. The number of ether oxygens (including phenoxy) is 1. The molecule has 0 radical (unpaired) electrons. The van der Waals surface area contributed by atoms with Gasteiger partial charge in [0.15, 0.2) is 0 Å². The minimum Gasteiger partial charge on any atom is -0.422 e. The van der Waals surface area contributed by atoms with E-state index in [1.54, 1.807) is 6.07 Å². The smallest absolute Gasteiger partial charge is 0.343 e. The number of carbonyl (C=O) groups excluding carboxylic acids is 1. The van der Waals surface area contributed by atoms with Gasteiger partial charge in [-0.05, 0) is 62.2 Å². The molecule has 0 aliphatic heterocycles. The molecule has 158 valence electrons. The van der Waals surface area contributed by atoms with Crippen molar-refractivity contribution >= 4 is 22.6 Å². The van der Waals surface area contributed by atoms with E-state index in [1.165, 1.54) is 24.3 Å². The van der Waals surface area contributed by atoms with Crippen LogP contribution in [0.2, 0.25) is 0 Å². The molecule has 0 aliphatic carbocycles. The number of hydrogen-bond donors (Lipinski definition) is 1. The van der Waals surface area contributed by atoms with Crippen molar-refractivity contribution in [3.8, 4) is 5.75 Å². The molecule has 0 unspecified atom stereocenters. The van der Waals surface area contributed by atoms with E-state index in [1.807, 2.05) is 18.3 Å². The van der Waals surface area contributed by atoms with Gasteiger partial charge in [-0.25, -0.2) is 4.79 Å². The number of nitrogens with zero attached hydrogens (tertiary/aromatic N) is 2. The zero-order valence-corrected chi connectivity index (χ0v) is 17.4. The molecule has 0 aliphatic rings. The molecule has 3 rings (SSSR count). The molecule has 1 aromatic heterocycles. The van der Waals surface area contributed by atoms with E-state index in [0.29, 0.717) is 5.75 Å². The van der Waals surface area contributed by atoms with E-state index in [0.717, 1.165) is 55.4 Å². The number of rotatable bonds is 10. The fraction of sp³-hybridized carbons (Fsp3) is 0.348. The highest BCUT2D eigenvalue weighted by Crippen LogP contribution is 2.30. The molecule has 0 saturated heterocycles. The first-order valence-electron chi connectivity index (χ1n) is 10.3. The second kappa shape index (κ2) is 10.0. The molecule has 0 amide bonds. The van der Waals surface area contributed by atoms with Crippen LogP contribution in [-0.2, 0) is 6.42 Å². The fourth-order valence-corrected chi connectivity index (χ4v) is 3.63. The summed E-state index contributed by atoms with van der Waals surface area (Å²) < 4.78 is 5.67. The summed E-state index contributed by atoms with van der Waals surface area (Å²) in [5.41, 5.74) is 2.22. The van der Waals surface area contributed by atoms with E-state index in [9.17, 15) is 14.9 Å². The zero-order chi connectivity index (χ0) is 21.5. The predicted octanol–water partition coefficient (Wildman–Crippen LogP) is 4.96. The third kappa shape index (κ3) is 5.04. The van der Waals surface area contributed by atoms with Gasteiger partial charge in [0.05, 0.1) is 10.5 Å². The van der Waals surface area contributed by atoms with Gasteiger partial charge in [-0.15, -0.1) is 0 Å². The maximum atomic E-state index is 12.6. The largest absolute Gasteiger partial charge is 0.422 e. The Kier molecular flexibility index (Phi) is 7.19. The molecule has 7 heteroatoms. The summed E-state index contributed by atoms with van der Waals surface area (Å²) in [5.74, 6) is -0.0484. The van der Waals surface area contributed by atoms with Crippen molar-refractivity contribution in [2.75, 3.05) is 19.6 Å². The Morgan fingerprint density at radius 1 is 1.07 bits per heavy atom. The monoisotopic (exact) mass is 409 g/mol. The summed E-state index contributed by atoms with van der Waals surface area (Å²) in [4.78, 5) is 28.6. The van der Waals surface area contributed by atoms with Crippen molar-refractivity contribution in [3.63, 3.8) is 0 Å². The summed E-state index contributed by atoms with van der Waals surface area (Å²) in [7, 11) is 0.